The van der Waals surface area contributed by atoms with Crippen LogP contribution in [0.25, 0.3) is 0 Å². The van der Waals surface area contributed by atoms with Gasteiger partial charge in [0, 0.05) is 0 Å². The van der Waals surface area contributed by atoms with E-state index < -0.39 is 5.60 Å². The molecule has 0 aromatic heterocycles. The maximum Gasteiger partial charge on any atom is 0.0910 e. The lowest BCUT2D eigenvalue weighted by atomic mass is 9.41. The van der Waals surface area contributed by atoms with Crippen LogP contribution in [0.15, 0.2) is 0 Å². The first-order valence-electron chi connectivity index (χ1n) is 9.69. The summed E-state index contributed by atoms with van der Waals surface area (Å²) in [5.41, 5.74) is -0.310. The normalized spacial score (nSPS) is 57.7. The molecule has 4 saturated carbocycles. The van der Waals surface area contributed by atoms with Crippen LogP contribution in [0.2, 0.25) is 0 Å². The fourth-order valence-corrected chi connectivity index (χ4v) is 8.02. The van der Waals surface area contributed by atoms with Gasteiger partial charge in [0.25, 0.3) is 0 Å². The van der Waals surface area contributed by atoms with Crippen molar-refractivity contribution >= 4 is 0 Å². The summed E-state index contributed by atoms with van der Waals surface area (Å²) in [5.74, 6) is 1.53. The molecule has 0 heterocycles. The van der Waals surface area contributed by atoms with Crippen molar-refractivity contribution in [3.8, 4) is 0 Å². The van der Waals surface area contributed by atoms with Crippen molar-refractivity contribution in [2.45, 2.75) is 83.8 Å². The van der Waals surface area contributed by atoms with E-state index in [0.29, 0.717) is 17.8 Å². The average molecular weight is 322 g/mol. The zero-order valence-electron chi connectivity index (χ0n) is 15.0. The summed E-state index contributed by atoms with van der Waals surface area (Å²) in [4.78, 5) is 0. The minimum atomic E-state index is -0.832. The van der Waals surface area contributed by atoms with E-state index in [1.165, 1.54) is 19.3 Å². The molecule has 2 bridgehead atoms. The van der Waals surface area contributed by atoms with Crippen LogP contribution < -0.4 is 0 Å². The van der Waals surface area contributed by atoms with E-state index in [1.807, 2.05) is 0 Å². The van der Waals surface area contributed by atoms with Gasteiger partial charge in [-0.15, -0.1) is 0 Å². The summed E-state index contributed by atoms with van der Waals surface area (Å²) in [6.45, 7) is 6.94. The largest absolute Gasteiger partial charge is 0.393 e. The second-order valence-electron chi connectivity index (χ2n) is 10.3. The molecule has 132 valence electrons. The Kier molecular flexibility index (Phi) is 3.37. The third-order valence-corrected chi connectivity index (χ3v) is 9.12. The first-order valence-corrected chi connectivity index (χ1v) is 9.69. The minimum absolute atomic E-state index is 0.00263. The van der Waals surface area contributed by atoms with Gasteiger partial charge in [-0.3, -0.25) is 0 Å². The van der Waals surface area contributed by atoms with E-state index in [-0.39, 0.29) is 29.0 Å². The van der Waals surface area contributed by atoms with Gasteiger partial charge in [0.1, 0.15) is 0 Å². The fraction of sp³-hybridized carbons (Fsp3) is 1.00. The Hall–Kier alpha value is -0.120. The fourth-order valence-electron chi connectivity index (χ4n) is 8.02. The molecular weight excluding hydrogens is 288 g/mol. The molecule has 1 unspecified atom stereocenters. The molecule has 4 fully saturated rings. The summed E-state index contributed by atoms with van der Waals surface area (Å²) in [5, 5.41) is 31.3. The predicted molar refractivity (Wildman–Crippen MR) is 89.8 cm³/mol. The van der Waals surface area contributed by atoms with Crippen LogP contribution in [0.5, 0.6) is 0 Å². The molecule has 23 heavy (non-hydrogen) atoms. The molecule has 0 radical (unpaired) electrons. The van der Waals surface area contributed by atoms with Crippen LogP contribution >= 0.6 is 0 Å². The van der Waals surface area contributed by atoms with Crippen LogP contribution in [0.1, 0.15) is 72.1 Å². The van der Waals surface area contributed by atoms with Crippen molar-refractivity contribution in [2.75, 3.05) is 6.61 Å². The van der Waals surface area contributed by atoms with E-state index in [1.54, 1.807) is 0 Å². The van der Waals surface area contributed by atoms with Gasteiger partial charge in [-0.2, -0.15) is 0 Å². The molecule has 0 saturated heterocycles. The Balaban J connectivity index is 1.72. The molecular formula is C20H34O3. The second kappa shape index (κ2) is 4.74. The summed E-state index contributed by atoms with van der Waals surface area (Å²) >= 11 is 0. The van der Waals surface area contributed by atoms with Crippen molar-refractivity contribution in [3.63, 3.8) is 0 Å². The summed E-state index contributed by atoms with van der Waals surface area (Å²) in [6, 6.07) is 0. The highest BCUT2D eigenvalue weighted by Gasteiger charge is 2.67. The molecule has 0 aromatic rings. The lowest BCUT2D eigenvalue weighted by Gasteiger charge is -2.64. The second-order valence-corrected chi connectivity index (χ2v) is 10.3. The minimum Gasteiger partial charge on any atom is -0.393 e. The third kappa shape index (κ3) is 1.93. The highest BCUT2D eigenvalue weighted by molar-refractivity contribution is 5.17. The standard InChI is InChI=1S/C20H34O3/c1-17(2)14-6-9-19-10-13(20(23,11-19)12-21)4-5-15(19)18(14,3)8-7-16(17)22/h13-16,21-23H,4-12H2,1-3H3/t13?,14-,15+,16-,18-,19+,20+/m1/s1. The smallest absolute Gasteiger partial charge is 0.0910 e. The average Bonchev–Trinajstić information content (AvgIpc) is 2.70. The van der Waals surface area contributed by atoms with Crippen molar-refractivity contribution in [1.82, 2.24) is 0 Å². The Morgan fingerprint density at radius 1 is 0.957 bits per heavy atom. The van der Waals surface area contributed by atoms with Crippen molar-refractivity contribution < 1.29 is 15.3 Å². The first kappa shape index (κ1) is 16.4. The van der Waals surface area contributed by atoms with E-state index in [0.717, 1.165) is 32.1 Å². The maximum absolute atomic E-state index is 10.9. The van der Waals surface area contributed by atoms with E-state index >= 15 is 0 Å². The van der Waals surface area contributed by atoms with Crippen LogP contribution in [-0.4, -0.2) is 33.6 Å². The van der Waals surface area contributed by atoms with Gasteiger partial charge in [0.2, 0.25) is 0 Å². The predicted octanol–water partition coefficient (Wildman–Crippen LogP) is 3.11. The van der Waals surface area contributed by atoms with Crippen LogP contribution in [0.3, 0.4) is 0 Å². The van der Waals surface area contributed by atoms with Gasteiger partial charge in [-0.05, 0) is 85.4 Å². The molecule has 0 amide bonds. The molecule has 1 spiro atoms. The Labute approximate surface area is 140 Å². The molecule has 0 aliphatic heterocycles. The van der Waals surface area contributed by atoms with Crippen molar-refractivity contribution in [2.24, 2.45) is 34.0 Å². The Morgan fingerprint density at radius 2 is 1.70 bits per heavy atom. The summed E-state index contributed by atoms with van der Waals surface area (Å²) in [6.07, 6.45) is 8.39. The molecule has 3 N–H and O–H groups in total. The molecule has 4 aliphatic carbocycles. The number of fused-ring (bicyclic) bond motifs is 3. The first-order chi connectivity index (χ1) is 10.7. The van der Waals surface area contributed by atoms with Crippen molar-refractivity contribution in [1.29, 1.82) is 0 Å². The highest BCUT2D eigenvalue weighted by atomic mass is 16.3. The van der Waals surface area contributed by atoms with Gasteiger partial charge >= 0.3 is 0 Å². The van der Waals surface area contributed by atoms with Crippen LogP contribution in [0, 0.1) is 34.0 Å². The molecule has 0 aromatic carbocycles. The molecule has 3 heteroatoms. The van der Waals surface area contributed by atoms with E-state index in [4.69, 9.17) is 0 Å². The zero-order valence-corrected chi connectivity index (χ0v) is 15.0. The number of aliphatic hydroxyl groups is 3. The molecule has 4 rings (SSSR count). The maximum atomic E-state index is 10.9. The quantitative estimate of drug-likeness (QED) is 0.695. The topological polar surface area (TPSA) is 60.7 Å². The van der Waals surface area contributed by atoms with Gasteiger partial charge < -0.3 is 15.3 Å². The summed E-state index contributed by atoms with van der Waals surface area (Å²) in [7, 11) is 0. The molecule has 7 atom stereocenters. The monoisotopic (exact) mass is 322 g/mol. The van der Waals surface area contributed by atoms with Gasteiger partial charge in [0.15, 0.2) is 0 Å². The third-order valence-electron chi connectivity index (χ3n) is 9.12. The number of rotatable bonds is 1. The number of aliphatic hydroxyl groups excluding tert-OH is 2. The van der Waals surface area contributed by atoms with Crippen LogP contribution in [0.4, 0.5) is 0 Å². The molecule has 3 nitrogen and oxygen atoms in total. The van der Waals surface area contributed by atoms with E-state index in [9.17, 15) is 15.3 Å². The zero-order chi connectivity index (χ0) is 16.7. The van der Waals surface area contributed by atoms with E-state index in [2.05, 4.69) is 20.8 Å². The SMILES string of the molecule is CC1(C)[C@H](O)CC[C@]2(C)[C@@H]1CC[C@@]13CC(CC[C@H]12)[C@@](O)(CO)C3. The van der Waals surface area contributed by atoms with Crippen molar-refractivity contribution in [3.05, 3.63) is 0 Å². The highest BCUT2D eigenvalue weighted by Crippen LogP contribution is 2.72. The Bertz CT molecular complexity index is 503. The molecule has 4 aliphatic rings. The number of hydrogen-bond donors (Lipinski definition) is 3. The summed E-state index contributed by atoms with van der Waals surface area (Å²) < 4.78 is 0. The van der Waals surface area contributed by atoms with Gasteiger partial charge in [0.05, 0.1) is 18.3 Å². The lowest BCUT2D eigenvalue weighted by molar-refractivity contribution is -0.180. The van der Waals surface area contributed by atoms with Gasteiger partial charge in [-0.25, -0.2) is 0 Å². The van der Waals surface area contributed by atoms with Crippen LogP contribution in [-0.2, 0) is 0 Å². The number of hydrogen-bond acceptors (Lipinski definition) is 3. The Morgan fingerprint density at radius 3 is 2.39 bits per heavy atom. The van der Waals surface area contributed by atoms with Gasteiger partial charge in [-0.1, -0.05) is 20.8 Å². The lowest BCUT2D eigenvalue weighted by Crippen LogP contribution is -2.59.